The Morgan fingerprint density at radius 3 is 2.95 bits per heavy atom. The monoisotopic (exact) mass is 276 g/mol. The lowest BCUT2D eigenvalue weighted by Crippen LogP contribution is -2.04. The summed E-state index contributed by atoms with van der Waals surface area (Å²) in [5.41, 5.74) is 8.90. The van der Waals surface area contributed by atoms with Gasteiger partial charge < -0.3 is 10.5 Å². The molecule has 0 bridgehead atoms. The second kappa shape index (κ2) is 6.68. The number of nitrogens with two attached hydrogens (primary N) is 1. The number of ether oxygens (including phenoxy) is 1. The third kappa shape index (κ3) is 3.55. The normalized spacial score (nSPS) is 10.7. The fourth-order valence-electron chi connectivity index (χ4n) is 1.97. The molecule has 0 aliphatic rings. The second-order valence-electron chi connectivity index (χ2n) is 4.54. The molecule has 0 amide bonds. The van der Waals surface area contributed by atoms with Crippen molar-refractivity contribution in [3.8, 4) is 5.75 Å². The van der Waals surface area contributed by atoms with E-state index in [-0.39, 0.29) is 0 Å². The van der Waals surface area contributed by atoms with Gasteiger partial charge in [-0.15, -0.1) is 11.3 Å². The Morgan fingerprint density at radius 2 is 2.21 bits per heavy atom. The van der Waals surface area contributed by atoms with Gasteiger partial charge in [-0.3, -0.25) is 0 Å². The average molecular weight is 276 g/mol. The maximum atomic E-state index is 5.90. The quantitative estimate of drug-likeness (QED) is 0.879. The summed E-state index contributed by atoms with van der Waals surface area (Å²) in [6, 6.07) is 6.05. The highest BCUT2D eigenvalue weighted by atomic mass is 32.1. The fraction of sp³-hybridized carbons (Fsp3) is 0.400. The minimum atomic E-state index is 0.495. The van der Waals surface area contributed by atoms with Crippen LogP contribution in [-0.2, 0) is 19.6 Å². The second-order valence-corrected chi connectivity index (χ2v) is 5.48. The van der Waals surface area contributed by atoms with Crippen LogP contribution in [0, 0.1) is 6.92 Å². The summed E-state index contributed by atoms with van der Waals surface area (Å²) in [7, 11) is 0. The summed E-state index contributed by atoms with van der Waals surface area (Å²) < 4.78 is 5.90. The smallest absolute Gasteiger partial charge is 0.131 e. The third-order valence-corrected chi connectivity index (χ3v) is 3.90. The molecule has 3 nitrogen and oxygen atoms in total. The lowest BCUT2D eigenvalue weighted by molar-refractivity contribution is 0.296. The predicted molar refractivity (Wildman–Crippen MR) is 79.5 cm³/mol. The van der Waals surface area contributed by atoms with E-state index in [1.807, 2.05) is 25.1 Å². The molecule has 102 valence electrons. The zero-order valence-electron chi connectivity index (χ0n) is 11.5. The molecule has 0 saturated heterocycles. The zero-order valence-corrected chi connectivity index (χ0v) is 12.3. The van der Waals surface area contributed by atoms with Crippen molar-refractivity contribution in [2.24, 2.45) is 5.73 Å². The molecule has 0 unspecified atom stereocenters. The van der Waals surface area contributed by atoms with Crippen molar-refractivity contribution in [2.75, 3.05) is 0 Å². The average Bonchev–Trinajstić information content (AvgIpc) is 2.85. The third-order valence-electron chi connectivity index (χ3n) is 2.94. The number of aryl methyl sites for hydroxylation is 2. The Bertz CT molecular complexity index is 537. The number of thiazole rings is 1. The summed E-state index contributed by atoms with van der Waals surface area (Å²) in [5, 5.41) is 3.26. The van der Waals surface area contributed by atoms with Crippen LogP contribution in [0.25, 0.3) is 0 Å². The van der Waals surface area contributed by atoms with E-state index in [4.69, 9.17) is 10.5 Å². The van der Waals surface area contributed by atoms with Gasteiger partial charge in [0.25, 0.3) is 0 Å². The molecule has 4 heteroatoms. The maximum Gasteiger partial charge on any atom is 0.131 e. The van der Waals surface area contributed by atoms with E-state index >= 15 is 0 Å². The zero-order chi connectivity index (χ0) is 13.7. The van der Waals surface area contributed by atoms with Gasteiger partial charge in [-0.25, -0.2) is 4.98 Å². The van der Waals surface area contributed by atoms with Crippen LogP contribution in [0.2, 0.25) is 0 Å². The molecular formula is C15H20N2OS. The largest absolute Gasteiger partial charge is 0.487 e. The van der Waals surface area contributed by atoms with Gasteiger partial charge in [0.1, 0.15) is 12.4 Å². The van der Waals surface area contributed by atoms with Crippen LogP contribution in [0.3, 0.4) is 0 Å². The number of para-hydroxylation sites is 1. The van der Waals surface area contributed by atoms with Gasteiger partial charge in [0.05, 0.1) is 10.7 Å². The number of aromatic nitrogens is 1. The van der Waals surface area contributed by atoms with Gasteiger partial charge in [0, 0.05) is 17.5 Å². The first kappa shape index (κ1) is 14.0. The van der Waals surface area contributed by atoms with Crippen LogP contribution in [0.1, 0.15) is 35.2 Å². The lowest BCUT2D eigenvalue weighted by atomic mass is 10.1. The molecule has 2 rings (SSSR count). The molecule has 0 fully saturated rings. The summed E-state index contributed by atoms with van der Waals surface area (Å²) in [4.78, 5) is 4.56. The summed E-state index contributed by atoms with van der Waals surface area (Å²) >= 11 is 1.71. The Balaban J connectivity index is 2.05. The first-order valence-electron chi connectivity index (χ1n) is 6.59. The fourth-order valence-corrected chi connectivity index (χ4v) is 2.86. The first-order valence-corrected chi connectivity index (χ1v) is 7.47. The summed E-state index contributed by atoms with van der Waals surface area (Å²) in [6.45, 7) is 5.21. The van der Waals surface area contributed by atoms with E-state index in [2.05, 4.69) is 17.3 Å². The molecule has 0 saturated carbocycles. The number of hydrogen-bond donors (Lipinski definition) is 1. The van der Waals surface area contributed by atoms with Gasteiger partial charge in [-0.1, -0.05) is 25.1 Å². The minimum Gasteiger partial charge on any atom is -0.487 e. The van der Waals surface area contributed by atoms with E-state index in [9.17, 15) is 0 Å². The van der Waals surface area contributed by atoms with Gasteiger partial charge in [0.2, 0.25) is 0 Å². The highest BCUT2D eigenvalue weighted by molar-refractivity contribution is 7.09. The summed E-state index contributed by atoms with van der Waals surface area (Å²) in [6.07, 6.45) is 2.17. The molecule has 1 aromatic heterocycles. The van der Waals surface area contributed by atoms with E-state index in [1.165, 1.54) is 5.01 Å². The molecular weight excluding hydrogens is 256 g/mol. The van der Waals surface area contributed by atoms with Crippen molar-refractivity contribution < 1.29 is 4.74 Å². The Labute approximate surface area is 118 Å². The van der Waals surface area contributed by atoms with Crippen LogP contribution in [0.15, 0.2) is 23.6 Å². The van der Waals surface area contributed by atoms with Gasteiger partial charge in [-0.05, 0) is 25.3 Å². The molecule has 0 aliphatic carbocycles. The van der Waals surface area contributed by atoms with Gasteiger partial charge >= 0.3 is 0 Å². The topological polar surface area (TPSA) is 48.1 Å². The molecule has 2 aromatic rings. The molecule has 19 heavy (non-hydrogen) atoms. The number of hydrogen-bond acceptors (Lipinski definition) is 4. The molecule has 0 spiro atoms. The van der Waals surface area contributed by atoms with Crippen molar-refractivity contribution in [1.29, 1.82) is 0 Å². The Kier molecular flexibility index (Phi) is 4.93. The predicted octanol–water partition coefficient (Wildman–Crippen LogP) is 3.44. The van der Waals surface area contributed by atoms with E-state index in [0.717, 1.165) is 35.4 Å². The van der Waals surface area contributed by atoms with Crippen LogP contribution >= 0.6 is 11.3 Å². The van der Waals surface area contributed by atoms with Crippen LogP contribution < -0.4 is 10.5 Å². The minimum absolute atomic E-state index is 0.495. The Hall–Kier alpha value is -1.39. The summed E-state index contributed by atoms with van der Waals surface area (Å²) in [5.74, 6) is 0.898. The maximum absolute atomic E-state index is 5.90. The molecule has 0 radical (unpaired) electrons. The van der Waals surface area contributed by atoms with Crippen molar-refractivity contribution in [1.82, 2.24) is 4.98 Å². The molecule has 1 aromatic carbocycles. The van der Waals surface area contributed by atoms with Gasteiger partial charge in [-0.2, -0.15) is 0 Å². The Morgan fingerprint density at radius 1 is 1.37 bits per heavy atom. The van der Waals surface area contributed by atoms with E-state index in [1.54, 1.807) is 11.3 Å². The molecule has 1 heterocycles. The number of benzene rings is 1. The van der Waals surface area contributed by atoms with E-state index in [0.29, 0.717) is 13.2 Å². The first-order chi connectivity index (χ1) is 9.24. The SMILES string of the molecule is CCCc1nc(COc2c(C)cccc2CN)cs1. The van der Waals surface area contributed by atoms with E-state index < -0.39 is 0 Å². The standard InChI is InChI=1S/C15H20N2OS/c1-3-5-14-17-13(10-19-14)9-18-15-11(2)6-4-7-12(15)8-16/h4,6-7,10H,3,5,8-9,16H2,1-2H3. The van der Waals surface area contributed by atoms with Crippen molar-refractivity contribution in [3.63, 3.8) is 0 Å². The van der Waals surface area contributed by atoms with Crippen molar-refractivity contribution >= 4 is 11.3 Å². The van der Waals surface area contributed by atoms with Gasteiger partial charge in [0.15, 0.2) is 0 Å². The lowest BCUT2D eigenvalue weighted by Gasteiger charge is -2.12. The molecule has 2 N–H and O–H groups in total. The number of rotatable bonds is 6. The van der Waals surface area contributed by atoms with Crippen LogP contribution in [0.5, 0.6) is 5.75 Å². The highest BCUT2D eigenvalue weighted by Crippen LogP contribution is 2.24. The molecule has 0 atom stereocenters. The van der Waals surface area contributed by atoms with Crippen LogP contribution in [-0.4, -0.2) is 4.98 Å². The van der Waals surface area contributed by atoms with Crippen molar-refractivity contribution in [3.05, 3.63) is 45.4 Å². The highest BCUT2D eigenvalue weighted by Gasteiger charge is 2.07. The molecule has 0 aliphatic heterocycles. The van der Waals surface area contributed by atoms with Crippen molar-refractivity contribution in [2.45, 2.75) is 39.8 Å². The number of nitrogens with zero attached hydrogens (tertiary/aromatic N) is 1. The van der Waals surface area contributed by atoms with Crippen LogP contribution in [0.4, 0.5) is 0 Å².